The molecule has 2 aromatic heterocycles. The molecule has 8 heteroatoms. The van der Waals surface area contributed by atoms with Gasteiger partial charge in [0.05, 0.1) is 18.2 Å². The largest absolute Gasteiger partial charge is 0.489 e. The van der Waals surface area contributed by atoms with Crippen LogP contribution in [0.1, 0.15) is 33.8 Å². The predicted molar refractivity (Wildman–Crippen MR) is 108 cm³/mol. The number of alkyl halides is 2. The Morgan fingerprint density at radius 3 is 2.97 bits per heavy atom. The van der Waals surface area contributed by atoms with Gasteiger partial charge in [-0.05, 0) is 51.1 Å². The number of carbonyl (C=O) groups excluding carboxylic acids is 1. The Bertz CT molecular complexity index is 1080. The average molecular weight is 415 g/mol. The van der Waals surface area contributed by atoms with Gasteiger partial charge in [-0.1, -0.05) is 6.07 Å². The van der Waals surface area contributed by atoms with Gasteiger partial charge in [-0.3, -0.25) is 9.78 Å². The molecule has 30 heavy (non-hydrogen) atoms. The van der Waals surface area contributed by atoms with Crippen molar-refractivity contribution in [3.63, 3.8) is 0 Å². The molecule has 6 nitrogen and oxygen atoms in total. The fourth-order valence-electron chi connectivity index (χ4n) is 3.65. The topological polar surface area (TPSA) is 76.4 Å². The molecule has 3 heterocycles. The number of hydrogen-bond acceptors (Lipinski definition) is 5. The maximum absolute atomic E-state index is 14.1. The number of piperidine rings is 1. The van der Waals surface area contributed by atoms with Crippen molar-refractivity contribution in [2.24, 2.45) is 0 Å². The summed E-state index contributed by atoms with van der Waals surface area (Å²) < 4.78 is 39.8. The van der Waals surface area contributed by atoms with Gasteiger partial charge in [0.15, 0.2) is 0 Å². The fraction of sp³-hybridized carbons (Fsp3) is 0.364. The summed E-state index contributed by atoms with van der Waals surface area (Å²) in [5, 5.41) is 5.67. The van der Waals surface area contributed by atoms with E-state index in [0.29, 0.717) is 35.6 Å². The lowest BCUT2D eigenvalue weighted by molar-refractivity contribution is -0.0487. The number of halogens is 2. The third-order valence-corrected chi connectivity index (χ3v) is 5.36. The number of aryl methyl sites for hydroxylation is 2. The summed E-state index contributed by atoms with van der Waals surface area (Å²) in [6.45, 7) is 3.85. The molecule has 3 aromatic rings. The first-order valence-corrected chi connectivity index (χ1v) is 9.81. The SMILES string of the molecule is Cc1ncccc1COc1ccc2oc(C)c(C(=O)NC3CCNCC3(F)F)c2c1. The molecule has 1 aromatic carbocycles. The van der Waals surface area contributed by atoms with E-state index in [1.165, 1.54) is 0 Å². The number of pyridine rings is 1. The Balaban J connectivity index is 1.57. The van der Waals surface area contributed by atoms with Crippen molar-refractivity contribution in [2.45, 2.75) is 38.8 Å². The molecule has 0 bridgehead atoms. The van der Waals surface area contributed by atoms with E-state index in [9.17, 15) is 13.6 Å². The van der Waals surface area contributed by atoms with E-state index in [4.69, 9.17) is 9.15 Å². The maximum atomic E-state index is 14.1. The van der Waals surface area contributed by atoms with Crippen molar-refractivity contribution in [1.82, 2.24) is 15.6 Å². The number of fused-ring (bicyclic) bond motifs is 1. The molecule has 1 saturated heterocycles. The minimum absolute atomic E-state index is 0.159. The fourth-order valence-corrected chi connectivity index (χ4v) is 3.65. The van der Waals surface area contributed by atoms with E-state index >= 15 is 0 Å². The maximum Gasteiger partial charge on any atom is 0.280 e. The van der Waals surface area contributed by atoms with Gasteiger partial charge < -0.3 is 19.8 Å². The number of furan rings is 1. The highest BCUT2D eigenvalue weighted by atomic mass is 19.3. The molecule has 0 aliphatic carbocycles. The highest BCUT2D eigenvalue weighted by molar-refractivity contribution is 6.07. The number of nitrogens with one attached hydrogen (secondary N) is 2. The van der Waals surface area contributed by atoms with Crippen molar-refractivity contribution in [1.29, 1.82) is 0 Å². The second kappa shape index (κ2) is 8.02. The molecule has 0 spiro atoms. The van der Waals surface area contributed by atoms with Gasteiger partial charge >= 0.3 is 0 Å². The number of nitrogens with zero attached hydrogens (tertiary/aromatic N) is 1. The van der Waals surface area contributed by atoms with E-state index in [-0.39, 0.29) is 12.0 Å². The molecule has 1 unspecified atom stereocenters. The van der Waals surface area contributed by atoms with Crippen LogP contribution in [0, 0.1) is 13.8 Å². The van der Waals surface area contributed by atoms with Gasteiger partial charge in [-0.2, -0.15) is 0 Å². The zero-order valence-electron chi connectivity index (χ0n) is 16.8. The minimum atomic E-state index is -3.00. The molecular formula is C22H23F2N3O3. The Kier molecular flexibility index (Phi) is 5.42. The van der Waals surface area contributed by atoms with E-state index in [1.54, 1.807) is 31.3 Å². The monoisotopic (exact) mass is 415 g/mol. The minimum Gasteiger partial charge on any atom is -0.489 e. The van der Waals surface area contributed by atoms with Crippen LogP contribution in [0.4, 0.5) is 8.78 Å². The highest BCUT2D eigenvalue weighted by Crippen LogP contribution is 2.31. The van der Waals surface area contributed by atoms with Crippen LogP contribution < -0.4 is 15.4 Å². The second-order valence-corrected chi connectivity index (χ2v) is 7.48. The molecule has 158 valence electrons. The number of ether oxygens (including phenoxy) is 1. The normalized spacial score (nSPS) is 18.3. The van der Waals surface area contributed by atoms with Crippen LogP contribution in [0.3, 0.4) is 0 Å². The molecule has 1 atom stereocenters. The number of amides is 1. The Hall–Kier alpha value is -3.00. The lowest BCUT2D eigenvalue weighted by Gasteiger charge is -2.32. The Morgan fingerprint density at radius 1 is 1.37 bits per heavy atom. The highest BCUT2D eigenvalue weighted by Gasteiger charge is 2.42. The van der Waals surface area contributed by atoms with E-state index in [1.807, 2.05) is 19.1 Å². The lowest BCUT2D eigenvalue weighted by Crippen LogP contribution is -2.57. The number of hydrogen-bond donors (Lipinski definition) is 2. The van der Waals surface area contributed by atoms with E-state index in [2.05, 4.69) is 15.6 Å². The number of rotatable bonds is 5. The lowest BCUT2D eigenvalue weighted by atomic mass is 10.0. The summed E-state index contributed by atoms with van der Waals surface area (Å²) in [7, 11) is 0. The quantitative estimate of drug-likeness (QED) is 0.664. The Morgan fingerprint density at radius 2 is 2.20 bits per heavy atom. The number of benzene rings is 1. The summed E-state index contributed by atoms with van der Waals surface area (Å²) in [6.07, 6.45) is 1.88. The summed E-state index contributed by atoms with van der Waals surface area (Å²) in [5.41, 5.74) is 2.58. The van der Waals surface area contributed by atoms with Gasteiger partial charge in [0.25, 0.3) is 11.8 Å². The first-order valence-electron chi connectivity index (χ1n) is 9.81. The van der Waals surface area contributed by atoms with Crippen molar-refractivity contribution >= 4 is 16.9 Å². The molecule has 2 N–H and O–H groups in total. The van der Waals surface area contributed by atoms with Crippen molar-refractivity contribution in [3.05, 3.63) is 59.1 Å². The summed E-state index contributed by atoms with van der Waals surface area (Å²) in [6, 6.07) is 7.72. The molecule has 0 radical (unpaired) electrons. The number of carbonyl (C=O) groups is 1. The van der Waals surface area contributed by atoms with Crippen LogP contribution in [0.15, 0.2) is 40.9 Å². The summed E-state index contributed by atoms with van der Waals surface area (Å²) in [4.78, 5) is 17.1. The van der Waals surface area contributed by atoms with Crippen LogP contribution >= 0.6 is 0 Å². The van der Waals surface area contributed by atoms with Crippen molar-refractivity contribution < 1.29 is 22.7 Å². The molecular weight excluding hydrogens is 392 g/mol. The molecule has 0 saturated carbocycles. The zero-order chi connectivity index (χ0) is 21.3. The van der Waals surface area contributed by atoms with Crippen LogP contribution in [-0.4, -0.2) is 35.9 Å². The average Bonchev–Trinajstić information content (AvgIpc) is 3.04. The first-order chi connectivity index (χ1) is 14.3. The zero-order valence-corrected chi connectivity index (χ0v) is 16.8. The Labute approximate surface area is 172 Å². The molecule has 4 rings (SSSR count). The third kappa shape index (κ3) is 4.00. The number of aromatic nitrogens is 1. The van der Waals surface area contributed by atoms with Crippen LogP contribution in [0.2, 0.25) is 0 Å². The molecule has 1 amide bonds. The van der Waals surface area contributed by atoms with Gasteiger partial charge in [0, 0.05) is 22.8 Å². The van der Waals surface area contributed by atoms with Gasteiger partial charge in [0.2, 0.25) is 0 Å². The van der Waals surface area contributed by atoms with Gasteiger partial charge in [-0.15, -0.1) is 0 Å². The molecule has 1 fully saturated rings. The predicted octanol–water partition coefficient (Wildman–Crippen LogP) is 3.75. The van der Waals surface area contributed by atoms with Crippen molar-refractivity contribution in [2.75, 3.05) is 13.1 Å². The van der Waals surface area contributed by atoms with Crippen LogP contribution in [-0.2, 0) is 6.61 Å². The first kappa shape index (κ1) is 20.3. The standard InChI is InChI=1S/C22H23F2N3O3/c1-13-15(4-3-8-26-13)11-29-16-5-6-18-17(10-16)20(14(2)30-18)21(28)27-19-7-9-25-12-22(19,23)24/h3-6,8,10,19,25H,7,9,11-12H2,1-2H3,(H,27,28). The summed E-state index contributed by atoms with van der Waals surface area (Å²) >= 11 is 0. The molecule has 1 aliphatic rings. The van der Waals surface area contributed by atoms with Gasteiger partial charge in [-0.25, -0.2) is 8.78 Å². The van der Waals surface area contributed by atoms with E-state index in [0.717, 1.165) is 11.3 Å². The second-order valence-electron chi connectivity index (χ2n) is 7.48. The smallest absolute Gasteiger partial charge is 0.280 e. The van der Waals surface area contributed by atoms with E-state index < -0.39 is 24.4 Å². The summed E-state index contributed by atoms with van der Waals surface area (Å²) in [5.74, 6) is -2.65. The molecule has 1 aliphatic heterocycles. The third-order valence-electron chi connectivity index (χ3n) is 5.36. The van der Waals surface area contributed by atoms with Crippen LogP contribution in [0.5, 0.6) is 5.75 Å². The van der Waals surface area contributed by atoms with Crippen molar-refractivity contribution in [3.8, 4) is 5.75 Å². The van der Waals surface area contributed by atoms with Crippen LogP contribution in [0.25, 0.3) is 11.0 Å². The van der Waals surface area contributed by atoms with Gasteiger partial charge in [0.1, 0.15) is 23.7 Å².